The standard InChI is InChI=1S/C18H27N3O5S/c1-5-26-18(23)21-10-8-20(9-11-21)17(22)15(4)19-27(24,25)16-12-13(2)6-7-14(16)3/h6-7,12,15,19H,5,8-11H2,1-4H3/t15-/m0/s1. The van der Waals surface area contributed by atoms with Crippen LogP contribution in [0.3, 0.4) is 0 Å². The predicted molar refractivity (Wildman–Crippen MR) is 101 cm³/mol. The molecule has 1 atom stereocenters. The maximum atomic E-state index is 12.7. The van der Waals surface area contributed by atoms with Gasteiger partial charge in [-0.05, 0) is 44.9 Å². The predicted octanol–water partition coefficient (Wildman–Crippen LogP) is 1.27. The molecule has 1 heterocycles. The van der Waals surface area contributed by atoms with Crippen LogP contribution in [0.2, 0.25) is 0 Å². The van der Waals surface area contributed by atoms with Gasteiger partial charge in [0.1, 0.15) is 0 Å². The van der Waals surface area contributed by atoms with Crippen LogP contribution in [-0.4, -0.2) is 69.0 Å². The third kappa shape index (κ3) is 5.20. The molecule has 0 aliphatic carbocycles. The van der Waals surface area contributed by atoms with Crippen LogP contribution >= 0.6 is 0 Å². The molecule has 0 unspecified atom stereocenters. The fourth-order valence-electron chi connectivity index (χ4n) is 2.94. The molecule has 1 aliphatic rings. The van der Waals surface area contributed by atoms with E-state index >= 15 is 0 Å². The lowest BCUT2D eigenvalue weighted by Crippen LogP contribution is -2.55. The molecule has 9 heteroatoms. The van der Waals surface area contributed by atoms with E-state index in [1.807, 2.05) is 13.0 Å². The second-order valence-corrected chi connectivity index (χ2v) is 8.31. The molecule has 2 amide bonds. The van der Waals surface area contributed by atoms with Crippen molar-refractivity contribution in [3.63, 3.8) is 0 Å². The van der Waals surface area contributed by atoms with E-state index in [-0.39, 0.29) is 10.8 Å². The highest BCUT2D eigenvalue weighted by Gasteiger charge is 2.30. The molecule has 0 radical (unpaired) electrons. The highest BCUT2D eigenvalue weighted by atomic mass is 32.2. The monoisotopic (exact) mass is 397 g/mol. The van der Waals surface area contributed by atoms with Gasteiger partial charge in [0, 0.05) is 26.2 Å². The van der Waals surface area contributed by atoms with Crippen molar-refractivity contribution in [1.82, 2.24) is 14.5 Å². The van der Waals surface area contributed by atoms with Gasteiger partial charge in [0.25, 0.3) is 0 Å². The first kappa shape index (κ1) is 21.2. The highest BCUT2D eigenvalue weighted by Crippen LogP contribution is 2.17. The van der Waals surface area contributed by atoms with E-state index in [0.29, 0.717) is 38.3 Å². The number of hydrogen-bond acceptors (Lipinski definition) is 5. The van der Waals surface area contributed by atoms with E-state index in [4.69, 9.17) is 4.74 Å². The first-order valence-corrected chi connectivity index (χ1v) is 10.4. The van der Waals surface area contributed by atoms with Crippen molar-refractivity contribution < 1.29 is 22.7 Å². The maximum absolute atomic E-state index is 12.7. The Balaban J connectivity index is 2.00. The van der Waals surface area contributed by atoms with Gasteiger partial charge in [0.15, 0.2) is 0 Å². The molecule has 1 aromatic rings. The minimum absolute atomic E-state index is 0.175. The van der Waals surface area contributed by atoms with Crippen molar-refractivity contribution >= 4 is 22.0 Å². The quantitative estimate of drug-likeness (QED) is 0.807. The number of benzene rings is 1. The van der Waals surface area contributed by atoms with Crippen molar-refractivity contribution in [3.05, 3.63) is 29.3 Å². The van der Waals surface area contributed by atoms with Gasteiger partial charge in [-0.15, -0.1) is 0 Å². The molecule has 1 saturated heterocycles. The summed E-state index contributed by atoms with van der Waals surface area (Å²) in [6, 6.07) is 4.27. The van der Waals surface area contributed by atoms with Crippen LogP contribution in [0.5, 0.6) is 0 Å². The zero-order valence-electron chi connectivity index (χ0n) is 16.2. The van der Waals surface area contributed by atoms with E-state index in [0.717, 1.165) is 5.56 Å². The van der Waals surface area contributed by atoms with Gasteiger partial charge in [-0.3, -0.25) is 4.79 Å². The fraction of sp³-hybridized carbons (Fsp3) is 0.556. The third-order valence-electron chi connectivity index (χ3n) is 4.45. The Morgan fingerprint density at radius 2 is 1.74 bits per heavy atom. The summed E-state index contributed by atoms with van der Waals surface area (Å²) >= 11 is 0. The van der Waals surface area contributed by atoms with Crippen molar-refractivity contribution in [2.75, 3.05) is 32.8 Å². The molecule has 27 heavy (non-hydrogen) atoms. The number of carbonyl (C=O) groups is 2. The summed E-state index contributed by atoms with van der Waals surface area (Å²) in [7, 11) is -3.81. The lowest BCUT2D eigenvalue weighted by molar-refractivity contribution is -0.134. The Labute approximate surface area is 160 Å². The molecule has 0 aromatic heterocycles. The van der Waals surface area contributed by atoms with Gasteiger partial charge >= 0.3 is 6.09 Å². The lowest BCUT2D eigenvalue weighted by Gasteiger charge is -2.35. The summed E-state index contributed by atoms with van der Waals surface area (Å²) in [6.07, 6.45) is -0.395. The van der Waals surface area contributed by atoms with Crippen molar-refractivity contribution in [3.8, 4) is 0 Å². The van der Waals surface area contributed by atoms with Crippen molar-refractivity contribution in [2.24, 2.45) is 0 Å². The summed E-state index contributed by atoms with van der Waals surface area (Å²) in [6.45, 7) is 8.51. The molecule has 2 rings (SSSR count). The number of hydrogen-bond donors (Lipinski definition) is 1. The highest BCUT2D eigenvalue weighted by molar-refractivity contribution is 7.89. The fourth-order valence-corrected chi connectivity index (χ4v) is 4.47. The minimum Gasteiger partial charge on any atom is -0.450 e. The number of nitrogens with zero attached hydrogens (tertiary/aromatic N) is 2. The minimum atomic E-state index is -3.81. The Kier molecular flexibility index (Phi) is 6.83. The van der Waals surface area contributed by atoms with E-state index in [1.165, 1.54) is 11.8 Å². The zero-order valence-corrected chi connectivity index (χ0v) is 17.0. The van der Waals surface area contributed by atoms with Crippen molar-refractivity contribution in [2.45, 2.75) is 38.6 Å². The normalized spacial score (nSPS) is 16.1. The maximum Gasteiger partial charge on any atom is 0.409 e. The van der Waals surface area contributed by atoms with E-state index in [1.54, 1.807) is 30.9 Å². The molecule has 1 fully saturated rings. The summed E-state index contributed by atoms with van der Waals surface area (Å²) < 4.78 is 32.7. The van der Waals surface area contributed by atoms with Gasteiger partial charge in [-0.1, -0.05) is 12.1 Å². The van der Waals surface area contributed by atoms with Gasteiger partial charge in [-0.25, -0.2) is 13.2 Å². The number of ether oxygens (including phenoxy) is 1. The van der Waals surface area contributed by atoms with E-state index < -0.39 is 22.2 Å². The smallest absolute Gasteiger partial charge is 0.409 e. The van der Waals surface area contributed by atoms with Gasteiger partial charge in [0.05, 0.1) is 17.5 Å². The summed E-state index contributed by atoms with van der Waals surface area (Å²) in [4.78, 5) is 27.6. The average Bonchev–Trinajstić information content (AvgIpc) is 2.63. The molecule has 0 bridgehead atoms. The number of piperazine rings is 1. The number of aryl methyl sites for hydroxylation is 2. The Bertz CT molecular complexity index is 801. The number of amides is 2. The van der Waals surface area contributed by atoms with Gasteiger partial charge in [0.2, 0.25) is 15.9 Å². The topological polar surface area (TPSA) is 96.0 Å². The molecule has 8 nitrogen and oxygen atoms in total. The van der Waals surface area contributed by atoms with Crippen LogP contribution in [0.25, 0.3) is 0 Å². The van der Waals surface area contributed by atoms with Crippen LogP contribution in [0.15, 0.2) is 23.1 Å². The van der Waals surface area contributed by atoms with E-state index in [9.17, 15) is 18.0 Å². The summed E-state index contributed by atoms with van der Waals surface area (Å²) in [5, 5.41) is 0. The first-order chi connectivity index (χ1) is 12.7. The zero-order chi connectivity index (χ0) is 20.2. The van der Waals surface area contributed by atoms with Crippen LogP contribution in [0.1, 0.15) is 25.0 Å². The Morgan fingerprint density at radius 1 is 1.15 bits per heavy atom. The molecule has 1 N–H and O–H groups in total. The second-order valence-electron chi connectivity index (χ2n) is 6.62. The third-order valence-corrected chi connectivity index (χ3v) is 6.14. The van der Waals surface area contributed by atoms with E-state index in [2.05, 4.69) is 4.72 Å². The number of carbonyl (C=O) groups excluding carboxylic acids is 2. The summed E-state index contributed by atoms with van der Waals surface area (Å²) in [5.74, 6) is -0.313. The average molecular weight is 397 g/mol. The Morgan fingerprint density at radius 3 is 2.33 bits per heavy atom. The van der Waals surface area contributed by atoms with Crippen LogP contribution in [0.4, 0.5) is 4.79 Å². The molecular weight excluding hydrogens is 370 g/mol. The largest absolute Gasteiger partial charge is 0.450 e. The van der Waals surface area contributed by atoms with Crippen LogP contribution < -0.4 is 4.72 Å². The molecule has 1 aromatic carbocycles. The number of sulfonamides is 1. The number of nitrogens with one attached hydrogen (secondary N) is 1. The summed E-state index contributed by atoms with van der Waals surface area (Å²) in [5.41, 5.74) is 1.45. The SMILES string of the molecule is CCOC(=O)N1CCN(C(=O)[C@H](C)NS(=O)(=O)c2cc(C)ccc2C)CC1. The van der Waals surface area contributed by atoms with Gasteiger partial charge in [-0.2, -0.15) is 4.72 Å². The molecule has 0 spiro atoms. The Hall–Kier alpha value is -2.13. The number of rotatable bonds is 5. The van der Waals surface area contributed by atoms with Crippen LogP contribution in [0, 0.1) is 13.8 Å². The van der Waals surface area contributed by atoms with Crippen LogP contribution in [-0.2, 0) is 19.6 Å². The first-order valence-electron chi connectivity index (χ1n) is 8.95. The van der Waals surface area contributed by atoms with Gasteiger partial charge < -0.3 is 14.5 Å². The van der Waals surface area contributed by atoms with Crippen molar-refractivity contribution in [1.29, 1.82) is 0 Å². The molecule has 1 aliphatic heterocycles. The lowest BCUT2D eigenvalue weighted by atomic mass is 10.2. The molecule has 0 saturated carbocycles. The molecule has 150 valence electrons. The second kappa shape index (κ2) is 8.71. The molecular formula is C18H27N3O5S.